The summed E-state index contributed by atoms with van der Waals surface area (Å²) in [5.41, 5.74) is -0.658. The van der Waals surface area contributed by atoms with Gasteiger partial charge in [-0.1, -0.05) is 6.92 Å². The van der Waals surface area contributed by atoms with Crippen LogP contribution in [0.5, 0.6) is 5.75 Å². The van der Waals surface area contributed by atoms with Crippen molar-refractivity contribution in [1.29, 1.82) is 0 Å². The number of carbonyl (C=O) groups is 1. The van der Waals surface area contributed by atoms with E-state index in [0.29, 0.717) is 17.8 Å². The summed E-state index contributed by atoms with van der Waals surface area (Å²) >= 11 is 0. The van der Waals surface area contributed by atoms with E-state index in [9.17, 15) is 20.0 Å². The molecule has 4 aliphatic carbocycles. The number of nitrogens with zero attached hydrogens (tertiary/aromatic N) is 1. The maximum Gasteiger partial charge on any atom is 0.310 e. The molecule has 0 radical (unpaired) electrons. The number of carboxylic acid groups (broad SMARTS) is 1. The molecular weight excluding hydrogens is 346 g/mol. The highest BCUT2D eigenvalue weighted by atomic mass is 16.6. The van der Waals surface area contributed by atoms with Gasteiger partial charge in [0.25, 0.3) is 0 Å². The Kier molecular flexibility index (Phi) is 3.59. The number of carboxylic acids is 1. The zero-order valence-corrected chi connectivity index (χ0v) is 15.4. The molecule has 1 aromatic carbocycles. The minimum Gasteiger partial charge on any atom is -0.545 e. The monoisotopic (exact) mass is 370 g/mol. The van der Waals surface area contributed by atoms with Gasteiger partial charge < -0.3 is 14.6 Å². The first-order chi connectivity index (χ1) is 12.9. The minimum atomic E-state index is -1.35. The summed E-state index contributed by atoms with van der Waals surface area (Å²) < 4.78 is 6.41. The molecule has 0 aliphatic heterocycles. The molecule has 4 saturated carbocycles. The zero-order chi connectivity index (χ0) is 18.9. The predicted octanol–water partition coefficient (Wildman–Crippen LogP) is 3.19. The van der Waals surface area contributed by atoms with Crippen LogP contribution in [0.2, 0.25) is 0 Å². The number of ether oxygens (including phenoxy) is 1. The van der Waals surface area contributed by atoms with Crippen molar-refractivity contribution in [2.24, 2.45) is 35.5 Å². The molecule has 4 aliphatic rings. The lowest BCUT2D eigenvalue weighted by atomic mass is 9.65. The molecule has 1 aromatic rings. The minimum absolute atomic E-state index is 0.0795. The lowest BCUT2D eigenvalue weighted by molar-refractivity contribution is -0.386. The first-order valence-corrected chi connectivity index (χ1v) is 10.1. The lowest BCUT2D eigenvalue weighted by Crippen LogP contribution is -2.48. The molecule has 0 amide bonds. The van der Waals surface area contributed by atoms with Crippen LogP contribution >= 0.6 is 0 Å². The molecule has 0 saturated heterocycles. The second kappa shape index (κ2) is 5.69. The highest BCUT2D eigenvalue weighted by molar-refractivity contribution is 5.87. The zero-order valence-electron chi connectivity index (χ0n) is 15.4. The van der Waals surface area contributed by atoms with Gasteiger partial charge in [0, 0.05) is 17.5 Å². The van der Waals surface area contributed by atoms with Crippen LogP contribution in [0, 0.1) is 45.6 Å². The van der Waals surface area contributed by atoms with Crippen LogP contribution in [0.25, 0.3) is 0 Å². The Morgan fingerprint density at radius 3 is 2.63 bits per heavy atom. The number of aromatic carboxylic acids is 1. The Morgan fingerprint density at radius 1 is 1.22 bits per heavy atom. The standard InChI is InChI=1S/C21H25NO5/c1-2-21(27-17-9-13(20(23)24)5-6-16(17)22(25)26)10-14-8-15(21)19-12-4-3-11(7-12)18(14)19/h5-6,9,11-12,14-15,18-19H,2-4,7-8,10H2,1H3,(H,23,24)/p-1. The van der Waals surface area contributed by atoms with Gasteiger partial charge in [-0.15, -0.1) is 0 Å². The number of fused-ring (bicyclic) bond motifs is 9. The normalized spacial score (nSPS) is 40.9. The number of nitro groups is 1. The van der Waals surface area contributed by atoms with Crippen LogP contribution < -0.4 is 9.84 Å². The van der Waals surface area contributed by atoms with E-state index in [1.807, 2.05) is 0 Å². The molecule has 6 heteroatoms. The Balaban J connectivity index is 1.51. The third kappa shape index (κ3) is 2.28. The fourth-order valence-electron chi connectivity index (χ4n) is 7.39. The van der Waals surface area contributed by atoms with Crippen LogP contribution in [0.15, 0.2) is 18.2 Å². The fraction of sp³-hybridized carbons (Fsp3) is 0.667. The Bertz CT molecular complexity index is 823. The molecule has 5 rings (SSSR count). The molecule has 7 atom stereocenters. The van der Waals surface area contributed by atoms with E-state index in [0.717, 1.165) is 37.0 Å². The third-order valence-corrected chi connectivity index (χ3v) is 8.20. The maximum atomic E-state index is 11.5. The van der Waals surface area contributed by atoms with Gasteiger partial charge in [0.2, 0.25) is 0 Å². The molecule has 6 nitrogen and oxygen atoms in total. The molecule has 144 valence electrons. The summed E-state index contributed by atoms with van der Waals surface area (Å²) in [6.45, 7) is 2.09. The van der Waals surface area contributed by atoms with E-state index >= 15 is 0 Å². The van der Waals surface area contributed by atoms with E-state index in [2.05, 4.69) is 6.92 Å². The van der Waals surface area contributed by atoms with Crippen LogP contribution in [-0.4, -0.2) is 16.5 Å². The predicted molar refractivity (Wildman–Crippen MR) is 95.1 cm³/mol. The number of hydrogen-bond acceptors (Lipinski definition) is 5. The van der Waals surface area contributed by atoms with Gasteiger partial charge in [0.05, 0.1) is 10.9 Å². The van der Waals surface area contributed by atoms with Gasteiger partial charge in [0.1, 0.15) is 5.60 Å². The summed E-state index contributed by atoms with van der Waals surface area (Å²) in [6, 6.07) is 3.71. The largest absolute Gasteiger partial charge is 0.545 e. The second-order valence-corrected chi connectivity index (χ2v) is 9.04. The van der Waals surface area contributed by atoms with Crippen molar-refractivity contribution in [3.05, 3.63) is 33.9 Å². The Morgan fingerprint density at radius 2 is 1.96 bits per heavy atom. The summed E-state index contributed by atoms with van der Waals surface area (Å²) in [7, 11) is 0. The molecule has 27 heavy (non-hydrogen) atoms. The van der Waals surface area contributed by atoms with Gasteiger partial charge in [-0.05, 0) is 80.2 Å². The molecule has 4 bridgehead atoms. The van der Waals surface area contributed by atoms with Crippen molar-refractivity contribution in [2.75, 3.05) is 0 Å². The first-order valence-electron chi connectivity index (χ1n) is 10.1. The van der Waals surface area contributed by atoms with Crippen molar-refractivity contribution in [1.82, 2.24) is 0 Å². The van der Waals surface area contributed by atoms with Crippen molar-refractivity contribution in [3.8, 4) is 5.75 Å². The first kappa shape index (κ1) is 17.0. The summed E-state index contributed by atoms with van der Waals surface area (Å²) in [4.78, 5) is 22.2. The number of rotatable bonds is 5. The van der Waals surface area contributed by atoms with Gasteiger partial charge in [-0.25, -0.2) is 0 Å². The lowest BCUT2D eigenvalue weighted by Gasteiger charge is -2.46. The number of benzene rings is 1. The van der Waals surface area contributed by atoms with E-state index in [-0.39, 0.29) is 17.0 Å². The molecule has 0 aromatic heterocycles. The van der Waals surface area contributed by atoms with Crippen LogP contribution in [-0.2, 0) is 0 Å². The highest BCUT2D eigenvalue weighted by Gasteiger charge is 2.67. The van der Waals surface area contributed by atoms with E-state index in [4.69, 9.17) is 4.74 Å². The molecular formula is C21H24NO5-. The van der Waals surface area contributed by atoms with Crippen molar-refractivity contribution in [2.45, 2.75) is 51.0 Å². The van der Waals surface area contributed by atoms with Gasteiger partial charge in [0.15, 0.2) is 5.75 Å². The van der Waals surface area contributed by atoms with Crippen molar-refractivity contribution >= 4 is 11.7 Å². The van der Waals surface area contributed by atoms with Crippen LogP contribution in [0.4, 0.5) is 5.69 Å². The van der Waals surface area contributed by atoms with E-state index in [1.54, 1.807) is 0 Å². The summed E-state index contributed by atoms with van der Waals surface area (Å²) in [5, 5.41) is 22.7. The number of hydrogen-bond donors (Lipinski definition) is 0. The topological polar surface area (TPSA) is 92.5 Å². The van der Waals surface area contributed by atoms with Gasteiger partial charge in [-0.3, -0.25) is 10.1 Å². The average molecular weight is 370 g/mol. The Labute approximate surface area is 158 Å². The van der Waals surface area contributed by atoms with Crippen LogP contribution in [0.1, 0.15) is 55.8 Å². The molecule has 0 spiro atoms. The molecule has 0 N–H and O–H groups in total. The maximum absolute atomic E-state index is 11.5. The molecule has 7 unspecified atom stereocenters. The van der Waals surface area contributed by atoms with E-state index in [1.165, 1.54) is 37.5 Å². The average Bonchev–Trinajstić information content (AvgIpc) is 3.40. The van der Waals surface area contributed by atoms with E-state index < -0.39 is 16.5 Å². The fourth-order valence-corrected chi connectivity index (χ4v) is 7.39. The molecule has 0 heterocycles. The van der Waals surface area contributed by atoms with Crippen molar-refractivity contribution < 1.29 is 19.6 Å². The Hall–Kier alpha value is -2.11. The van der Waals surface area contributed by atoms with Crippen LogP contribution in [0.3, 0.4) is 0 Å². The number of nitro benzene ring substituents is 1. The molecule has 4 fully saturated rings. The number of carbonyl (C=O) groups excluding carboxylic acids is 1. The second-order valence-electron chi connectivity index (χ2n) is 9.04. The van der Waals surface area contributed by atoms with Gasteiger partial charge in [-0.2, -0.15) is 0 Å². The summed E-state index contributed by atoms with van der Waals surface area (Å²) in [5.74, 6) is 2.98. The smallest absolute Gasteiger partial charge is 0.310 e. The summed E-state index contributed by atoms with van der Waals surface area (Å²) in [6.07, 6.45) is 6.92. The van der Waals surface area contributed by atoms with Gasteiger partial charge >= 0.3 is 5.69 Å². The SMILES string of the molecule is CCC1(Oc2cc(C(=O)[O-])ccc2[N+](=O)[O-])CC2CC1C1C3CCC(C3)C21. The highest BCUT2D eigenvalue weighted by Crippen LogP contribution is 2.70. The third-order valence-electron chi connectivity index (χ3n) is 8.20. The van der Waals surface area contributed by atoms with Crippen molar-refractivity contribution in [3.63, 3.8) is 0 Å². The quantitative estimate of drug-likeness (QED) is 0.451.